The lowest BCUT2D eigenvalue weighted by Gasteiger charge is -2.65. The standard InChI is InChI=1S/C29H49NO4/c1-27(2)15-12-23-28(3,22(27)14-18-30-17-8-7-11-21(30)25(31)32)16-13-24-29(23,4)19-33-26(34-24)20-9-5-6-10-20/h20-24,26H,5-19H2,1-4H3,(H,31,32)/t21-,22-,23?,24-,26-,28+,29+/m1/s1. The summed E-state index contributed by atoms with van der Waals surface area (Å²) in [6.45, 7) is 12.7. The zero-order valence-electron chi connectivity index (χ0n) is 22.2. The first-order chi connectivity index (χ1) is 16.1. The molecule has 0 aromatic heterocycles. The summed E-state index contributed by atoms with van der Waals surface area (Å²) in [4.78, 5) is 14.2. The largest absolute Gasteiger partial charge is 0.480 e. The Morgan fingerprint density at radius 2 is 1.68 bits per heavy atom. The predicted molar refractivity (Wildman–Crippen MR) is 133 cm³/mol. The minimum Gasteiger partial charge on any atom is -0.480 e. The van der Waals surface area contributed by atoms with Crippen LogP contribution in [-0.4, -0.2) is 54.1 Å². The van der Waals surface area contributed by atoms with Crippen LogP contribution in [0.15, 0.2) is 0 Å². The Bertz CT molecular complexity index is 748. The Morgan fingerprint density at radius 1 is 0.941 bits per heavy atom. The van der Waals surface area contributed by atoms with Crippen LogP contribution in [0.25, 0.3) is 0 Å². The Morgan fingerprint density at radius 3 is 2.41 bits per heavy atom. The van der Waals surface area contributed by atoms with Crippen molar-refractivity contribution in [1.29, 1.82) is 0 Å². The second-order valence-corrected chi connectivity index (χ2v) is 13.7. The van der Waals surface area contributed by atoms with E-state index < -0.39 is 5.97 Å². The van der Waals surface area contributed by atoms with Gasteiger partial charge in [0.2, 0.25) is 0 Å². The number of hydrogen-bond donors (Lipinski definition) is 1. The number of ether oxygens (including phenoxy) is 2. The first-order valence-electron chi connectivity index (χ1n) is 14.4. The van der Waals surface area contributed by atoms with E-state index in [1.54, 1.807) is 0 Å². The van der Waals surface area contributed by atoms with Crippen LogP contribution in [-0.2, 0) is 14.3 Å². The van der Waals surface area contributed by atoms with Gasteiger partial charge < -0.3 is 14.6 Å². The van der Waals surface area contributed by atoms with E-state index in [2.05, 4.69) is 32.6 Å². The van der Waals surface area contributed by atoms with E-state index in [0.717, 1.165) is 51.8 Å². The highest BCUT2D eigenvalue weighted by Crippen LogP contribution is 2.66. The zero-order chi connectivity index (χ0) is 24.1. The second-order valence-electron chi connectivity index (χ2n) is 13.7. The van der Waals surface area contributed by atoms with Crippen LogP contribution in [0.4, 0.5) is 0 Å². The first-order valence-corrected chi connectivity index (χ1v) is 14.4. The third-order valence-electron chi connectivity index (χ3n) is 11.3. The molecule has 0 amide bonds. The van der Waals surface area contributed by atoms with Crippen LogP contribution in [0.3, 0.4) is 0 Å². The fraction of sp³-hybridized carbons (Fsp3) is 0.966. The number of aliphatic carboxylic acids is 1. The van der Waals surface area contributed by atoms with Gasteiger partial charge in [-0.25, -0.2) is 0 Å². The maximum atomic E-state index is 11.9. The van der Waals surface area contributed by atoms with Gasteiger partial charge in [-0.3, -0.25) is 9.69 Å². The van der Waals surface area contributed by atoms with Gasteiger partial charge in [-0.15, -0.1) is 0 Å². The summed E-state index contributed by atoms with van der Waals surface area (Å²) < 4.78 is 13.3. The second kappa shape index (κ2) is 9.34. The lowest BCUT2D eigenvalue weighted by atomic mass is 9.42. The molecule has 7 atom stereocenters. The molecule has 194 valence electrons. The molecule has 0 aromatic carbocycles. The van der Waals surface area contributed by atoms with Crippen molar-refractivity contribution in [1.82, 2.24) is 4.90 Å². The third-order valence-corrected chi connectivity index (χ3v) is 11.3. The van der Waals surface area contributed by atoms with Gasteiger partial charge in [-0.05, 0) is 93.5 Å². The van der Waals surface area contributed by atoms with Gasteiger partial charge in [0.15, 0.2) is 6.29 Å². The molecule has 5 rings (SSSR count). The molecule has 3 aliphatic carbocycles. The molecule has 5 heteroatoms. The summed E-state index contributed by atoms with van der Waals surface area (Å²) in [6, 6.07) is -0.287. The van der Waals surface area contributed by atoms with Crippen LogP contribution < -0.4 is 0 Å². The number of carbonyl (C=O) groups is 1. The number of rotatable bonds is 5. The van der Waals surface area contributed by atoms with Crippen LogP contribution in [0.1, 0.15) is 105 Å². The van der Waals surface area contributed by atoms with Crippen molar-refractivity contribution in [3.63, 3.8) is 0 Å². The molecular formula is C29H49NO4. The summed E-state index contributed by atoms with van der Waals surface area (Å²) in [7, 11) is 0. The molecule has 0 bridgehead atoms. The molecule has 2 aliphatic heterocycles. The highest BCUT2D eigenvalue weighted by Gasteiger charge is 2.62. The maximum absolute atomic E-state index is 11.9. The smallest absolute Gasteiger partial charge is 0.320 e. The van der Waals surface area contributed by atoms with Crippen molar-refractivity contribution in [2.45, 2.75) is 123 Å². The van der Waals surface area contributed by atoms with Crippen molar-refractivity contribution in [2.24, 2.45) is 34.0 Å². The van der Waals surface area contributed by atoms with E-state index in [9.17, 15) is 9.90 Å². The summed E-state index contributed by atoms with van der Waals surface area (Å²) in [5.41, 5.74) is 0.631. The van der Waals surface area contributed by atoms with E-state index in [1.807, 2.05) is 0 Å². The van der Waals surface area contributed by atoms with Gasteiger partial charge in [0.05, 0.1) is 12.7 Å². The molecule has 34 heavy (non-hydrogen) atoms. The Labute approximate surface area is 207 Å². The van der Waals surface area contributed by atoms with Gasteiger partial charge >= 0.3 is 5.97 Å². The van der Waals surface area contributed by atoms with E-state index >= 15 is 0 Å². The SMILES string of the molecule is CC1(C)CCC2[C@]3(C)CO[C@@H](C4CCCC4)O[C@@H]3CC[C@@]2(C)[C@@H]1CCN1CCCC[C@@H]1C(=O)O. The molecule has 5 aliphatic rings. The van der Waals surface area contributed by atoms with Crippen molar-refractivity contribution < 1.29 is 19.4 Å². The van der Waals surface area contributed by atoms with Gasteiger partial charge in [0.25, 0.3) is 0 Å². The molecule has 1 unspecified atom stereocenters. The zero-order valence-corrected chi connectivity index (χ0v) is 22.2. The van der Waals surface area contributed by atoms with Gasteiger partial charge in [-0.2, -0.15) is 0 Å². The van der Waals surface area contributed by atoms with Gasteiger partial charge in [0, 0.05) is 11.3 Å². The summed E-state index contributed by atoms with van der Waals surface area (Å²) in [5, 5.41) is 9.78. The molecule has 5 fully saturated rings. The number of carboxylic acids is 1. The fourth-order valence-electron chi connectivity index (χ4n) is 9.49. The lowest BCUT2D eigenvalue weighted by molar-refractivity contribution is -0.322. The van der Waals surface area contributed by atoms with E-state index in [-0.39, 0.29) is 28.6 Å². The van der Waals surface area contributed by atoms with Crippen LogP contribution in [0, 0.1) is 34.0 Å². The Hall–Kier alpha value is -0.650. The first kappa shape index (κ1) is 25.0. The predicted octanol–water partition coefficient (Wildman–Crippen LogP) is 6.11. The summed E-state index contributed by atoms with van der Waals surface area (Å²) in [6.07, 6.45) is 14.5. The normalized spacial score (nSPS) is 45.5. The number of fused-ring (bicyclic) bond motifs is 3. The van der Waals surface area contributed by atoms with Crippen LogP contribution >= 0.6 is 0 Å². The average molecular weight is 476 g/mol. The van der Waals surface area contributed by atoms with Gasteiger partial charge in [-0.1, -0.05) is 47.0 Å². The van der Waals surface area contributed by atoms with Gasteiger partial charge in [0.1, 0.15) is 6.04 Å². The average Bonchev–Trinajstić information content (AvgIpc) is 3.33. The Kier molecular flexibility index (Phi) is 6.87. The minimum atomic E-state index is -0.631. The number of piperidine rings is 1. The summed E-state index contributed by atoms with van der Waals surface area (Å²) >= 11 is 0. The fourth-order valence-corrected chi connectivity index (χ4v) is 9.49. The van der Waals surface area contributed by atoms with E-state index in [1.165, 1.54) is 44.9 Å². The summed E-state index contributed by atoms with van der Waals surface area (Å²) in [5.74, 6) is 1.18. The molecule has 2 saturated heterocycles. The highest BCUT2D eigenvalue weighted by molar-refractivity contribution is 5.73. The number of hydrogen-bond acceptors (Lipinski definition) is 4. The minimum absolute atomic E-state index is 0.0211. The number of nitrogens with zero attached hydrogens (tertiary/aromatic N) is 1. The molecule has 0 radical (unpaired) electrons. The van der Waals surface area contributed by atoms with E-state index in [4.69, 9.17) is 9.47 Å². The molecular weight excluding hydrogens is 426 g/mol. The molecule has 0 aromatic rings. The lowest BCUT2D eigenvalue weighted by Crippen LogP contribution is -2.64. The molecule has 3 saturated carbocycles. The van der Waals surface area contributed by atoms with Crippen LogP contribution in [0.5, 0.6) is 0 Å². The Balaban J connectivity index is 1.32. The molecule has 0 spiro atoms. The molecule has 2 heterocycles. The van der Waals surface area contributed by atoms with Crippen LogP contribution in [0.2, 0.25) is 0 Å². The topological polar surface area (TPSA) is 59.0 Å². The van der Waals surface area contributed by atoms with Crippen molar-refractivity contribution in [3.05, 3.63) is 0 Å². The van der Waals surface area contributed by atoms with Crippen molar-refractivity contribution >= 4 is 5.97 Å². The monoisotopic (exact) mass is 475 g/mol. The van der Waals surface area contributed by atoms with Crippen molar-refractivity contribution in [2.75, 3.05) is 19.7 Å². The highest BCUT2D eigenvalue weighted by atomic mass is 16.7. The van der Waals surface area contributed by atoms with Crippen molar-refractivity contribution in [3.8, 4) is 0 Å². The number of carboxylic acid groups (broad SMARTS) is 1. The quantitative estimate of drug-likeness (QED) is 0.520. The number of likely N-dealkylation sites (tertiary alicyclic amines) is 1. The third kappa shape index (κ3) is 4.26. The van der Waals surface area contributed by atoms with E-state index in [0.29, 0.717) is 23.9 Å². The maximum Gasteiger partial charge on any atom is 0.320 e. The molecule has 5 nitrogen and oxygen atoms in total. The molecule has 1 N–H and O–H groups in total.